The average Bonchev–Trinajstić information content (AvgIpc) is 2.45. The van der Waals surface area contributed by atoms with E-state index in [1.807, 2.05) is 20.8 Å². The largest absolute Gasteiger partial charge is 0.444 e. The number of carbonyl (C=O) groups excluding carboxylic acids is 1. The van der Waals surface area contributed by atoms with Gasteiger partial charge in [-0.3, -0.25) is 0 Å². The Balaban J connectivity index is 2.06. The number of nitrogens with zero attached hydrogens (tertiary/aromatic N) is 1. The van der Waals surface area contributed by atoms with E-state index in [9.17, 15) is 4.79 Å². The van der Waals surface area contributed by atoms with Gasteiger partial charge in [-0.15, -0.1) is 0 Å². The molecule has 0 radical (unpaired) electrons. The van der Waals surface area contributed by atoms with Crippen LogP contribution in [0.1, 0.15) is 92.9 Å². The van der Waals surface area contributed by atoms with Crippen molar-refractivity contribution in [3.63, 3.8) is 0 Å². The molecule has 0 aromatic rings. The summed E-state index contributed by atoms with van der Waals surface area (Å²) >= 11 is 0. The van der Waals surface area contributed by atoms with Crippen molar-refractivity contribution in [2.24, 2.45) is 5.92 Å². The quantitative estimate of drug-likeness (QED) is 0.764. The molecule has 0 aromatic heterocycles. The molecular formula is C21H40N2O2. The van der Waals surface area contributed by atoms with Gasteiger partial charge in [0.05, 0.1) is 0 Å². The maximum Gasteiger partial charge on any atom is 0.410 e. The lowest BCUT2D eigenvalue weighted by Crippen LogP contribution is -2.61. The molecule has 146 valence electrons. The summed E-state index contributed by atoms with van der Waals surface area (Å²) in [6.45, 7) is 13.6. The summed E-state index contributed by atoms with van der Waals surface area (Å²) in [6.07, 6.45) is 9.22. The highest BCUT2D eigenvalue weighted by Gasteiger charge is 2.46. The first-order valence-electron chi connectivity index (χ1n) is 10.4. The summed E-state index contributed by atoms with van der Waals surface area (Å²) in [6, 6.07) is 1.06. The predicted molar refractivity (Wildman–Crippen MR) is 104 cm³/mol. The lowest BCUT2D eigenvalue weighted by Gasteiger charge is -2.52. The number of nitrogens with one attached hydrogen (secondary N) is 1. The molecule has 2 aliphatic rings. The first-order chi connectivity index (χ1) is 11.6. The summed E-state index contributed by atoms with van der Waals surface area (Å²) in [5, 5.41) is 3.85. The Hall–Kier alpha value is -0.770. The molecular weight excluding hydrogens is 312 g/mol. The van der Waals surface area contributed by atoms with Crippen LogP contribution in [0.5, 0.6) is 0 Å². The molecule has 4 heteroatoms. The van der Waals surface area contributed by atoms with Crippen LogP contribution in [0.3, 0.4) is 0 Å². The second-order valence-corrected chi connectivity index (χ2v) is 9.80. The summed E-state index contributed by atoms with van der Waals surface area (Å²) in [4.78, 5) is 14.9. The molecule has 2 unspecified atom stereocenters. The van der Waals surface area contributed by atoms with Gasteiger partial charge in [-0.25, -0.2) is 4.79 Å². The Morgan fingerprint density at radius 2 is 1.84 bits per heavy atom. The smallest absolute Gasteiger partial charge is 0.410 e. The van der Waals surface area contributed by atoms with Crippen molar-refractivity contribution < 1.29 is 9.53 Å². The van der Waals surface area contributed by atoms with E-state index in [4.69, 9.17) is 4.74 Å². The Kier molecular flexibility index (Phi) is 6.80. The molecule has 2 atom stereocenters. The minimum atomic E-state index is -0.423. The maximum absolute atomic E-state index is 12.8. The van der Waals surface area contributed by atoms with Crippen molar-refractivity contribution in [3.8, 4) is 0 Å². The molecule has 1 heterocycles. The highest BCUT2D eigenvalue weighted by molar-refractivity contribution is 5.69. The fraction of sp³-hybridized carbons (Fsp3) is 0.952. The van der Waals surface area contributed by atoms with Crippen molar-refractivity contribution >= 4 is 6.09 Å². The minimum absolute atomic E-state index is 0.00799. The number of rotatable bonds is 4. The van der Waals surface area contributed by atoms with Crippen LogP contribution in [0.4, 0.5) is 4.79 Å². The number of hydrogen-bond donors (Lipinski definition) is 1. The second-order valence-electron chi connectivity index (χ2n) is 9.80. The topological polar surface area (TPSA) is 41.6 Å². The lowest BCUT2D eigenvalue weighted by atomic mass is 9.73. The van der Waals surface area contributed by atoms with Crippen LogP contribution in [0.2, 0.25) is 0 Å². The fourth-order valence-corrected chi connectivity index (χ4v) is 4.80. The average molecular weight is 353 g/mol. The van der Waals surface area contributed by atoms with Gasteiger partial charge in [0.2, 0.25) is 0 Å². The molecule has 25 heavy (non-hydrogen) atoms. The molecule has 2 fully saturated rings. The summed E-state index contributed by atoms with van der Waals surface area (Å²) in [5.41, 5.74) is -0.415. The van der Waals surface area contributed by atoms with Crippen molar-refractivity contribution in [1.29, 1.82) is 0 Å². The number of ether oxygens (including phenoxy) is 1. The van der Waals surface area contributed by atoms with Crippen LogP contribution >= 0.6 is 0 Å². The van der Waals surface area contributed by atoms with E-state index in [-0.39, 0.29) is 11.6 Å². The third-order valence-corrected chi connectivity index (χ3v) is 5.64. The van der Waals surface area contributed by atoms with Crippen LogP contribution in [0, 0.1) is 5.92 Å². The normalized spacial score (nSPS) is 25.2. The molecule has 0 aromatic carbocycles. The molecule has 4 nitrogen and oxygen atoms in total. The van der Waals surface area contributed by atoms with Gasteiger partial charge in [-0.1, -0.05) is 33.1 Å². The molecule has 1 saturated heterocycles. The highest BCUT2D eigenvalue weighted by atomic mass is 16.6. The van der Waals surface area contributed by atoms with E-state index in [0.717, 1.165) is 32.2 Å². The SMILES string of the molecule is CC(C)CC(C)NC1CCN(C(=O)OC(C)(C)C)C2(CCCCC2)C1. The predicted octanol–water partition coefficient (Wildman–Crippen LogP) is 5.11. The summed E-state index contributed by atoms with van der Waals surface area (Å²) in [5.74, 6) is 0.716. The molecule has 2 rings (SSSR count). The number of piperidine rings is 1. The number of carbonyl (C=O) groups is 1. The lowest BCUT2D eigenvalue weighted by molar-refractivity contribution is -0.0337. The molecule has 1 spiro atoms. The van der Waals surface area contributed by atoms with Crippen molar-refractivity contribution in [1.82, 2.24) is 10.2 Å². The van der Waals surface area contributed by atoms with E-state index in [1.165, 1.54) is 25.7 Å². The van der Waals surface area contributed by atoms with Gasteiger partial charge in [-0.2, -0.15) is 0 Å². The Morgan fingerprint density at radius 1 is 1.20 bits per heavy atom. The fourth-order valence-electron chi connectivity index (χ4n) is 4.80. The van der Waals surface area contributed by atoms with E-state index in [2.05, 4.69) is 31.0 Å². The zero-order chi connectivity index (χ0) is 18.7. The van der Waals surface area contributed by atoms with Crippen LogP contribution in [0.15, 0.2) is 0 Å². The zero-order valence-corrected chi connectivity index (χ0v) is 17.4. The Bertz CT molecular complexity index is 436. The molecule has 1 aliphatic carbocycles. The number of likely N-dealkylation sites (tertiary alicyclic amines) is 1. The Morgan fingerprint density at radius 3 is 2.40 bits per heavy atom. The summed E-state index contributed by atoms with van der Waals surface area (Å²) in [7, 11) is 0. The standard InChI is InChI=1S/C21H40N2O2/c1-16(2)14-17(3)22-18-10-13-23(19(24)25-20(4,5)6)21(15-18)11-8-7-9-12-21/h16-18,22H,7-15H2,1-6H3. The van der Waals surface area contributed by atoms with Gasteiger partial charge in [0.25, 0.3) is 0 Å². The van der Waals surface area contributed by atoms with Gasteiger partial charge in [-0.05, 0) is 65.7 Å². The molecule has 0 bridgehead atoms. The Labute approximate surface area is 155 Å². The van der Waals surface area contributed by atoms with Crippen molar-refractivity contribution in [2.75, 3.05) is 6.54 Å². The van der Waals surface area contributed by atoms with E-state index >= 15 is 0 Å². The molecule has 1 amide bonds. The molecule has 1 aliphatic heterocycles. The van der Waals surface area contributed by atoms with Crippen LogP contribution in [-0.4, -0.2) is 40.8 Å². The van der Waals surface area contributed by atoms with E-state index in [1.54, 1.807) is 0 Å². The van der Waals surface area contributed by atoms with Gasteiger partial charge < -0.3 is 15.0 Å². The first-order valence-corrected chi connectivity index (χ1v) is 10.4. The molecule has 1 saturated carbocycles. The van der Waals surface area contributed by atoms with Gasteiger partial charge in [0.15, 0.2) is 0 Å². The van der Waals surface area contributed by atoms with Gasteiger partial charge in [0, 0.05) is 24.2 Å². The van der Waals surface area contributed by atoms with Crippen molar-refractivity contribution in [3.05, 3.63) is 0 Å². The zero-order valence-electron chi connectivity index (χ0n) is 17.4. The van der Waals surface area contributed by atoms with Gasteiger partial charge in [0.1, 0.15) is 5.60 Å². The minimum Gasteiger partial charge on any atom is -0.444 e. The van der Waals surface area contributed by atoms with Crippen LogP contribution in [-0.2, 0) is 4.74 Å². The third-order valence-electron chi connectivity index (χ3n) is 5.64. The summed E-state index contributed by atoms with van der Waals surface area (Å²) < 4.78 is 5.74. The monoisotopic (exact) mass is 352 g/mol. The second kappa shape index (κ2) is 8.28. The van der Waals surface area contributed by atoms with Gasteiger partial charge >= 0.3 is 6.09 Å². The maximum atomic E-state index is 12.8. The van der Waals surface area contributed by atoms with Crippen LogP contribution in [0.25, 0.3) is 0 Å². The van der Waals surface area contributed by atoms with Crippen molar-refractivity contribution in [2.45, 2.75) is 116 Å². The number of hydrogen-bond acceptors (Lipinski definition) is 3. The molecule has 1 N–H and O–H groups in total. The van der Waals surface area contributed by atoms with Crippen LogP contribution < -0.4 is 5.32 Å². The first kappa shape index (κ1) is 20.5. The highest BCUT2D eigenvalue weighted by Crippen LogP contribution is 2.41. The number of amides is 1. The van der Waals surface area contributed by atoms with E-state index < -0.39 is 5.60 Å². The van der Waals surface area contributed by atoms with E-state index in [0.29, 0.717) is 18.0 Å². The third kappa shape index (κ3) is 5.87.